The molecule has 6 nitrogen and oxygen atoms in total. The fourth-order valence-electron chi connectivity index (χ4n) is 2.01. The van der Waals surface area contributed by atoms with Gasteiger partial charge in [0.15, 0.2) is 11.5 Å². The summed E-state index contributed by atoms with van der Waals surface area (Å²) in [6.45, 7) is 5.87. The lowest BCUT2D eigenvalue weighted by atomic mass is 10.3. The van der Waals surface area contributed by atoms with Crippen LogP contribution in [0.15, 0.2) is 18.2 Å². The third-order valence-electron chi connectivity index (χ3n) is 3.16. The first-order valence-electron chi connectivity index (χ1n) is 6.73. The molecular formula is C15H21N3O3. The number of nitrogens with zero attached hydrogens (tertiary/aromatic N) is 2. The van der Waals surface area contributed by atoms with Gasteiger partial charge in [0.1, 0.15) is 5.69 Å². The summed E-state index contributed by atoms with van der Waals surface area (Å²) in [4.78, 5) is 0. The largest absolute Gasteiger partial charge is 0.493 e. The Morgan fingerprint density at radius 2 is 1.71 bits per heavy atom. The first kappa shape index (κ1) is 15.0. The smallest absolute Gasteiger partial charge is 0.242 e. The lowest BCUT2D eigenvalue weighted by molar-refractivity contribution is 0.326. The van der Waals surface area contributed by atoms with Gasteiger partial charge in [-0.3, -0.25) is 0 Å². The molecule has 0 aliphatic carbocycles. The summed E-state index contributed by atoms with van der Waals surface area (Å²) < 4.78 is 18.4. The lowest BCUT2D eigenvalue weighted by Crippen LogP contribution is -2.06. The summed E-state index contributed by atoms with van der Waals surface area (Å²) >= 11 is 0. The zero-order chi connectivity index (χ0) is 15.6. The topological polar surface area (TPSA) is 71.5 Å². The minimum atomic E-state index is 0.122. The van der Waals surface area contributed by atoms with Crippen molar-refractivity contribution in [2.24, 2.45) is 0 Å². The number of aromatic nitrogens is 2. The van der Waals surface area contributed by atoms with Crippen molar-refractivity contribution in [2.45, 2.75) is 26.8 Å². The third kappa shape index (κ3) is 2.74. The van der Waals surface area contributed by atoms with Crippen LogP contribution >= 0.6 is 0 Å². The average Bonchev–Trinajstić information content (AvgIpc) is 2.76. The Kier molecular flexibility index (Phi) is 4.26. The summed E-state index contributed by atoms with van der Waals surface area (Å²) in [7, 11) is 3.16. The maximum absolute atomic E-state index is 6.08. The van der Waals surface area contributed by atoms with E-state index in [1.807, 2.05) is 26.8 Å². The van der Waals surface area contributed by atoms with Gasteiger partial charge in [-0.1, -0.05) is 6.07 Å². The number of benzene rings is 1. The molecular weight excluding hydrogens is 270 g/mol. The van der Waals surface area contributed by atoms with E-state index in [2.05, 4.69) is 5.10 Å². The maximum atomic E-state index is 6.08. The van der Waals surface area contributed by atoms with Gasteiger partial charge >= 0.3 is 0 Å². The van der Waals surface area contributed by atoms with E-state index in [1.165, 1.54) is 0 Å². The van der Waals surface area contributed by atoms with Crippen LogP contribution in [0.4, 0.5) is 5.69 Å². The molecule has 0 spiro atoms. The molecule has 1 aromatic carbocycles. The van der Waals surface area contributed by atoms with Gasteiger partial charge in [0, 0.05) is 0 Å². The number of ether oxygens (including phenoxy) is 3. The van der Waals surface area contributed by atoms with E-state index in [1.54, 1.807) is 31.0 Å². The first-order valence-corrected chi connectivity index (χ1v) is 6.73. The molecule has 1 heterocycles. The van der Waals surface area contributed by atoms with Gasteiger partial charge in [-0.15, -0.1) is 0 Å². The van der Waals surface area contributed by atoms with Crippen LogP contribution in [0.25, 0.3) is 0 Å². The molecule has 2 aromatic rings. The molecule has 0 atom stereocenters. The van der Waals surface area contributed by atoms with E-state index < -0.39 is 0 Å². The number of para-hydroxylation sites is 1. The molecule has 1 aromatic heterocycles. The quantitative estimate of drug-likeness (QED) is 0.916. The first-order chi connectivity index (χ1) is 9.99. The van der Waals surface area contributed by atoms with Gasteiger partial charge < -0.3 is 19.9 Å². The zero-order valence-corrected chi connectivity index (χ0v) is 13.0. The van der Waals surface area contributed by atoms with E-state index in [-0.39, 0.29) is 6.04 Å². The molecule has 0 saturated carbocycles. The molecule has 0 aliphatic rings. The summed E-state index contributed by atoms with van der Waals surface area (Å²) in [5.74, 6) is 2.12. The van der Waals surface area contributed by atoms with Crippen LogP contribution in [0, 0.1) is 6.92 Å². The number of hydrogen-bond donors (Lipinski definition) is 1. The molecule has 0 aliphatic heterocycles. The summed E-state index contributed by atoms with van der Waals surface area (Å²) in [5.41, 5.74) is 7.32. The maximum Gasteiger partial charge on any atom is 0.242 e. The van der Waals surface area contributed by atoms with Gasteiger partial charge in [-0.05, 0) is 32.9 Å². The second-order valence-corrected chi connectivity index (χ2v) is 4.94. The molecule has 0 radical (unpaired) electrons. The van der Waals surface area contributed by atoms with Crippen LogP contribution in [-0.4, -0.2) is 24.0 Å². The molecule has 21 heavy (non-hydrogen) atoms. The number of aryl methyl sites for hydroxylation is 1. The second-order valence-electron chi connectivity index (χ2n) is 4.94. The highest BCUT2D eigenvalue weighted by atomic mass is 16.5. The van der Waals surface area contributed by atoms with Gasteiger partial charge in [-0.25, -0.2) is 4.68 Å². The Balaban J connectivity index is 2.52. The van der Waals surface area contributed by atoms with Crippen molar-refractivity contribution in [2.75, 3.05) is 20.0 Å². The van der Waals surface area contributed by atoms with Gasteiger partial charge in [-0.2, -0.15) is 5.10 Å². The number of rotatable bonds is 5. The van der Waals surface area contributed by atoms with Crippen LogP contribution in [0.3, 0.4) is 0 Å². The van der Waals surface area contributed by atoms with Gasteiger partial charge in [0.05, 0.1) is 26.0 Å². The van der Waals surface area contributed by atoms with E-state index in [0.717, 1.165) is 5.69 Å². The van der Waals surface area contributed by atoms with Gasteiger partial charge in [0.25, 0.3) is 0 Å². The summed E-state index contributed by atoms with van der Waals surface area (Å²) in [6, 6.07) is 5.56. The average molecular weight is 291 g/mol. The minimum absolute atomic E-state index is 0.122. The van der Waals surface area contributed by atoms with Crippen molar-refractivity contribution in [3.8, 4) is 23.1 Å². The van der Waals surface area contributed by atoms with Crippen molar-refractivity contribution in [3.05, 3.63) is 23.9 Å². The van der Waals surface area contributed by atoms with Crippen molar-refractivity contribution < 1.29 is 14.2 Å². The van der Waals surface area contributed by atoms with E-state index >= 15 is 0 Å². The summed E-state index contributed by atoms with van der Waals surface area (Å²) in [5, 5.41) is 4.40. The Morgan fingerprint density at radius 3 is 2.19 bits per heavy atom. The predicted octanol–water partition coefficient (Wildman–Crippen LogP) is 3.16. The predicted molar refractivity (Wildman–Crippen MR) is 81.4 cm³/mol. The molecule has 6 heteroatoms. The Bertz CT molecular complexity index is 613. The molecule has 0 unspecified atom stereocenters. The normalized spacial score (nSPS) is 10.8. The van der Waals surface area contributed by atoms with Crippen LogP contribution in [-0.2, 0) is 0 Å². The van der Waals surface area contributed by atoms with Crippen molar-refractivity contribution >= 4 is 5.69 Å². The highest BCUT2D eigenvalue weighted by Gasteiger charge is 2.20. The standard InChI is InChI=1S/C15H21N3O3/c1-9(2)18-15(13(16)10(3)17-18)21-14-11(19-4)7-6-8-12(14)20-5/h6-9H,16H2,1-5H3. The van der Waals surface area contributed by atoms with Crippen molar-refractivity contribution in [1.29, 1.82) is 0 Å². The van der Waals surface area contributed by atoms with E-state index in [0.29, 0.717) is 28.8 Å². The molecule has 114 valence electrons. The fraction of sp³-hybridized carbons (Fsp3) is 0.400. The number of anilines is 1. The SMILES string of the molecule is COc1cccc(OC)c1Oc1c(N)c(C)nn1C(C)C. The van der Waals surface area contributed by atoms with Crippen LogP contribution in [0.1, 0.15) is 25.6 Å². The van der Waals surface area contributed by atoms with E-state index in [9.17, 15) is 0 Å². The molecule has 0 fully saturated rings. The Hall–Kier alpha value is -2.37. The van der Waals surface area contributed by atoms with Crippen LogP contribution in [0.2, 0.25) is 0 Å². The van der Waals surface area contributed by atoms with Gasteiger partial charge in [0.2, 0.25) is 11.6 Å². The Labute approximate surface area is 124 Å². The highest BCUT2D eigenvalue weighted by molar-refractivity contribution is 5.58. The number of nitrogens with two attached hydrogens (primary N) is 1. The minimum Gasteiger partial charge on any atom is -0.493 e. The molecule has 0 saturated heterocycles. The zero-order valence-electron chi connectivity index (χ0n) is 13.0. The molecule has 0 amide bonds. The van der Waals surface area contributed by atoms with Crippen molar-refractivity contribution in [1.82, 2.24) is 9.78 Å². The molecule has 0 bridgehead atoms. The number of hydrogen-bond acceptors (Lipinski definition) is 5. The van der Waals surface area contributed by atoms with Crippen LogP contribution < -0.4 is 19.9 Å². The fourth-order valence-corrected chi connectivity index (χ4v) is 2.01. The third-order valence-corrected chi connectivity index (χ3v) is 3.16. The number of methoxy groups -OCH3 is 2. The lowest BCUT2D eigenvalue weighted by Gasteiger charge is -2.16. The summed E-state index contributed by atoms with van der Waals surface area (Å²) in [6.07, 6.45) is 0. The number of nitrogen functional groups attached to an aromatic ring is 1. The van der Waals surface area contributed by atoms with Crippen LogP contribution in [0.5, 0.6) is 23.1 Å². The second kappa shape index (κ2) is 5.95. The highest BCUT2D eigenvalue weighted by Crippen LogP contribution is 2.42. The van der Waals surface area contributed by atoms with Crippen molar-refractivity contribution in [3.63, 3.8) is 0 Å². The van der Waals surface area contributed by atoms with E-state index in [4.69, 9.17) is 19.9 Å². The Morgan fingerprint density at radius 1 is 1.14 bits per heavy atom. The monoisotopic (exact) mass is 291 g/mol. The molecule has 2 N–H and O–H groups in total. The molecule has 2 rings (SSSR count).